The minimum absolute atomic E-state index is 0.113. The van der Waals surface area contributed by atoms with Gasteiger partial charge in [0.05, 0.1) is 11.1 Å². The number of hydrogen-bond acceptors (Lipinski definition) is 3. The van der Waals surface area contributed by atoms with Crippen LogP contribution < -0.4 is 10.6 Å². The van der Waals surface area contributed by atoms with Gasteiger partial charge in [-0.25, -0.2) is 8.78 Å². The smallest absolute Gasteiger partial charge is 0.255 e. The number of amides is 2. The van der Waals surface area contributed by atoms with Crippen molar-refractivity contribution in [2.45, 2.75) is 18.9 Å². The van der Waals surface area contributed by atoms with E-state index in [4.69, 9.17) is 16.3 Å². The Hall–Kier alpha value is -2.51. The fourth-order valence-electron chi connectivity index (χ4n) is 3.21. The molecule has 0 aromatic heterocycles. The van der Waals surface area contributed by atoms with Gasteiger partial charge in [0.15, 0.2) is 0 Å². The Balaban J connectivity index is 1.85. The standard InChI is InChI=1S/C19H17ClF2N2O3/c1-27-9-17(25)24-16-7-4-11-12(3-6-15(22)18(11)16)19(26)23-10-2-5-14(21)13(20)8-10/h2-3,5-6,8,16H,4,7,9H2,1H3,(H,23,26)(H,24,25)/t16-/m0/s1. The molecular formula is C19H17ClF2N2O3. The summed E-state index contributed by atoms with van der Waals surface area (Å²) >= 11 is 5.72. The van der Waals surface area contributed by atoms with Crippen molar-refractivity contribution in [2.75, 3.05) is 19.0 Å². The van der Waals surface area contributed by atoms with Crippen molar-refractivity contribution < 1.29 is 23.1 Å². The predicted octanol–water partition coefficient (Wildman–Crippen LogP) is 3.62. The Morgan fingerprint density at radius 1 is 1.22 bits per heavy atom. The molecule has 0 spiro atoms. The molecule has 0 fully saturated rings. The molecule has 1 aliphatic rings. The second-order valence-electron chi connectivity index (χ2n) is 6.16. The molecule has 2 N–H and O–H groups in total. The lowest BCUT2D eigenvalue weighted by Gasteiger charge is -2.16. The number of nitrogens with one attached hydrogen (secondary N) is 2. The average molecular weight is 395 g/mol. The van der Waals surface area contributed by atoms with Gasteiger partial charge in [0.1, 0.15) is 18.2 Å². The number of carbonyl (C=O) groups is 2. The maximum atomic E-state index is 14.4. The van der Waals surface area contributed by atoms with Gasteiger partial charge in [-0.15, -0.1) is 0 Å². The topological polar surface area (TPSA) is 67.4 Å². The van der Waals surface area contributed by atoms with Gasteiger partial charge in [-0.3, -0.25) is 9.59 Å². The Bertz CT molecular complexity index is 905. The molecule has 0 bridgehead atoms. The van der Waals surface area contributed by atoms with E-state index < -0.39 is 23.6 Å². The second-order valence-corrected chi connectivity index (χ2v) is 6.57. The number of rotatable bonds is 5. The molecule has 0 saturated heterocycles. The van der Waals surface area contributed by atoms with Crippen LogP contribution in [0.15, 0.2) is 30.3 Å². The van der Waals surface area contributed by atoms with Crippen molar-refractivity contribution in [1.29, 1.82) is 0 Å². The molecule has 142 valence electrons. The molecule has 0 radical (unpaired) electrons. The first kappa shape index (κ1) is 19.3. The first-order valence-electron chi connectivity index (χ1n) is 8.26. The highest BCUT2D eigenvalue weighted by molar-refractivity contribution is 6.31. The lowest BCUT2D eigenvalue weighted by atomic mass is 10.0. The first-order valence-corrected chi connectivity index (χ1v) is 8.64. The van der Waals surface area contributed by atoms with Gasteiger partial charge in [0.25, 0.3) is 5.91 Å². The van der Waals surface area contributed by atoms with E-state index in [1.165, 1.54) is 31.4 Å². The zero-order valence-corrected chi connectivity index (χ0v) is 15.2. The maximum absolute atomic E-state index is 14.4. The zero-order valence-electron chi connectivity index (χ0n) is 14.4. The van der Waals surface area contributed by atoms with Crippen molar-refractivity contribution in [3.8, 4) is 0 Å². The van der Waals surface area contributed by atoms with Gasteiger partial charge in [-0.05, 0) is 48.7 Å². The Labute approximate surface area is 159 Å². The number of methoxy groups -OCH3 is 1. The largest absolute Gasteiger partial charge is 0.375 e. The van der Waals surface area contributed by atoms with E-state index in [2.05, 4.69) is 10.6 Å². The number of ether oxygens (including phenoxy) is 1. The van der Waals surface area contributed by atoms with E-state index in [0.29, 0.717) is 35.2 Å². The molecule has 8 heteroatoms. The number of anilines is 1. The highest BCUT2D eigenvalue weighted by Crippen LogP contribution is 2.36. The summed E-state index contributed by atoms with van der Waals surface area (Å²) in [7, 11) is 1.40. The summed E-state index contributed by atoms with van der Waals surface area (Å²) in [6.45, 7) is -0.126. The SMILES string of the molecule is COCC(=O)N[C@H]1CCc2c(C(=O)Nc3ccc(F)c(Cl)c3)ccc(F)c21. The van der Waals surface area contributed by atoms with Crippen molar-refractivity contribution in [1.82, 2.24) is 5.32 Å². The van der Waals surface area contributed by atoms with Gasteiger partial charge in [-0.2, -0.15) is 0 Å². The van der Waals surface area contributed by atoms with Crippen LogP contribution in [0.25, 0.3) is 0 Å². The highest BCUT2D eigenvalue weighted by Gasteiger charge is 2.31. The van der Waals surface area contributed by atoms with Crippen LogP contribution in [0.3, 0.4) is 0 Å². The molecule has 0 saturated carbocycles. The van der Waals surface area contributed by atoms with E-state index in [1.54, 1.807) is 0 Å². The zero-order chi connectivity index (χ0) is 19.6. The molecule has 0 aliphatic heterocycles. The minimum atomic E-state index is -0.591. The van der Waals surface area contributed by atoms with E-state index in [1.807, 2.05) is 0 Å². The lowest BCUT2D eigenvalue weighted by Crippen LogP contribution is -2.30. The van der Waals surface area contributed by atoms with Gasteiger partial charge in [-0.1, -0.05) is 11.6 Å². The van der Waals surface area contributed by atoms with Crippen LogP contribution in [-0.4, -0.2) is 25.5 Å². The maximum Gasteiger partial charge on any atom is 0.255 e. The molecule has 3 rings (SSSR count). The predicted molar refractivity (Wildman–Crippen MR) is 96.8 cm³/mol. The minimum Gasteiger partial charge on any atom is -0.375 e. The number of hydrogen-bond donors (Lipinski definition) is 2. The number of halogens is 3. The number of carbonyl (C=O) groups excluding carboxylic acids is 2. The van der Waals surface area contributed by atoms with Crippen LogP contribution in [0.1, 0.15) is 33.9 Å². The van der Waals surface area contributed by atoms with Crippen molar-refractivity contribution >= 4 is 29.1 Å². The van der Waals surface area contributed by atoms with Crippen molar-refractivity contribution in [2.24, 2.45) is 0 Å². The third-order valence-electron chi connectivity index (χ3n) is 4.37. The fourth-order valence-corrected chi connectivity index (χ4v) is 3.39. The Morgan fingerprint density at radius 2 is 1.96 bits per heavy atom. The molecule has 0 heterocycles. The molecule has 2 amide bonds. The normalized spacial score (nSPS) is 15.3. The van der Waals surface area contributed by atoms with Crippen LogP contribution in [0, 0.1) is 11.6 Å². The number of benzene rings is 2. The van der Waals surface area contributed by atoms with Crippen molar-refractivity contribution in [3.63, 3.8) is 0 Å². The average Bonchev–Trinajstić information content (AvgIpc) is 3.03. The van der Waals surface area contributed by atoms with Gasteiger partial charge < -0.3 is 15.4 Å². The van der Waals surface area contributed by atoms with Crippen molar-refractivity contribution in [3.05, 3.63) is 63.7 Å². The van der Waals surface area contributed by atoms with E-state index in [-0.39, 0.29) is 17.5 Å². The van der Waals surface area contributed by atoms with Crippen LogP contribution in [0.4, 0.5) is 14.5 Å². The molecule has 27 heavy (non-hydrogen) atoms. The summed E-state index contributed by atoms with van der Waals surface area (Å²) in [5, 5.41) is 5.23. The summed E-state index contributed by atoms with van der Waals surface area (Å²) in [4.78, 5) is 24.4. The van der Waals surface area contributed by atoms with Crippen LogP contribution in [0.2, 0.25) is 5.02 Å². The second kappa shape index (κ2) is 8.02. The van der Waals surface area contributed by atoms with E-state index >= 15 is 0 Å². The third-order valence-corrected chi connectivity index (χ3v) is 4.66. The summed E-state index contributed by atoms with van der Waals surface area (Å²) in [6.07, 6.45) is 0.923. The summed E-state index contributed by atoms with van der Waals surface area (Å²) in [5.41, 5.74) is 1.48. The van der Waals surface area contributed by atoms with Gasteiger partial charge in [0, 0.05) is 23.9 Å². The molecule has 0 unspecified atom stereocenters. The summed E-state index contributed by atoms with van der Waals surface area (Å²) < 4.78 is 32.4. The molecule has 2 aromatic rings. The highest BCUT2D eigenvalue weighted by atomic mass is 35.5. The fraction of sp³-hybridized carbons (Fsp3) is 0.263. The molecule has 1 aliphatic carbocycles. The summed E-state index contributed by atoms with van der Waals surface area (Å²) in [6, 6.07) is 5.91. The van der Waals surface area contributed by atoms with Crippen LogP contribution >= 0.6 is 11.6 Å². The lowest BCUT2D eigenvalue weighted by molar-refractivity contribution is -0.125. The monoisotopic (exact) mass is 394 g/mol. The van der Waals surface area contributed by atoms with E-state index in [0.717, 1.165) is 6.07 Å². The van der Waals surface area contributed by atoms with Gasteiger partial charge in [0.2, 0.25) is 5.91 Å². The molecule has 2 aromatic carbocycles. The van der Waals surface area contributed by atoms with Crippen LogP contribution in [0.5, 0.6) is 0 Å². The van der Waals surface area contributed by atoms with E-state index in [9.17, 15) is 18.4 Å². The Kier molecular flexibility index (Phi) is 5.72. The molecule has 1 atom stereocenters. The molecular weight excluding hydrogens is 378 g/mol. The summed E-state index contributed by atoms with van der Waals surface area (Å²) in [5.74, 6) is -1.89. The van der Waals surface area contributed by atoms with Crippen LogP contribution in [-0.2, 0) is 16.0 Å². The first-order chi connectivity index (χ1) is 12.9. The molecule has 5 nitrogen and oxygen atoms in total. The Morgan fingerprint density at radius 3 is 2.67 bits per heavy atom. The third kappa shape index (κ3) is 4.09. The number of fused-ring (bicyclic) bond motifs is 1. The quantitative estimate of drug-likeness (QED) is 0.814. The van der Waals surface area contributed by atoms with Gasteiger partial charge >= 0.3 is 0 Å².